The second-order valence-electron chi connectivity index (χ2n) is 6.14. The molecule has 0 aromatic carbocycles. The molecule has 0 radical (unpaired) electrons. The molecule has 20 heavy (non-hydrogen) atoms. The quantitative estimate of drug-likeness (QED) is 0.885. The number of nitrogens with zero attached hydrogens (tertiary/aromatic N) is 3. The molecule has 1 N–H and O–H groups in total. The van der Waals surface area contributed by atoms with E-state index in [1.165, 1.54) is 11.5 Å². The van der Waals surface area contributed by atoms with Gasteiger partial charge in [-0.15, -0.1) is 0 Å². The van der Waals surface area contributed by atoms with E-state index >= 15 is 0 Å². The minimum Gasteiger partial charge on any atom is -0.380 e. The SMILES string of the molecule is CC1(C)CCC(O)(c2nc(-c3csnc3Br)no2)CC1. The molecule has 1 saturated carbocycles. The fourth-order valence-electron chi connectivity index (χ4n) is 2.44. The maximum absolute atomic E-state index is 10.7. The van der Waals surface area contributed by atoms with Crippen LogP contribution < -0.4 is 0 Å². The third kappa shape index (κ3) is 2.54. The Labute approximate surface area is 129 Å². The van der Waals surface area contributed by atoms with Crippen molar-refractivity contribution in [1.29, 1.82) is 0 Å². The lowest BCUT2D eigenvalue weighted by molar-refractivity contribution is -0.0539. The number of halogens is 1. The van der Waals surface area contributed by atoms with Crippen molar-refractivity contribution < 1.29 is 9.63 Å². The Hall–Kier alpha value is -0.790. The summed E-state index contributed by atoms with van der Waals surface area (Å²) in [6.45, 7) is 4.44. The molecule has 0 bridgehead atoms. The van der Waals surface area contributed by atoms with E-state index in [9.17, 15) is 5.11 Å². The van der Waals surface area contributed by atoms with Crippen LogP contribution in [0.5, 0.6) is 0 Å². The molecule has 0 amide bonds. The van der Waals surface area contributed by atoms with Gasteiger partial charge in [0.2, 0.25) is 5.82 Å². The molecule has 2 aromatic rings. The lowest BCUT2D eigenvalue weighted by Gasteiger charge is -2.37. The Bertz CT molecular complexity index is 613. The van der Waals surface area contributed by atoms with Gasteiger partial charge >= 0.3 is 0 Å². The maximum Gasteiger partial charge on any atom is 0.258 e. The minimum absolute atomic E-state index is 0.273. The average Bonchev–Trinajstić information content (AvgIpc) is 3.02. The Morgan fingerprint density at radius 3 is 2.60 bits per heavy atom. The summed E-state index contributed by atoms with van der Waals surface area (Å²) in [5, 5.41) is 16.6. The number of aromatic nitrogens is 3. The van der Waals surface area contributed by atoms with Crippen molar-refractivity contribution >= 4 is 27.5 Å². The zero-order chi connectivity index (χ0) is 14.4. The molecule has 0 aliphatic heterocycles. The van der Waals surface area contributed by atoms with Crippen molar-refractivity contribution in [2.45, 2.75) is 45.1 Å². The summed E-state index contributed by atoms with van der Waals surface area (Å²) < 4.78 is 10.1. The topological polar surface area (TPSA) is 72.0 Å². The van der Waals surface area contributed by atoms with E-state index in [1.54, 1.807) is 0 Å². The van der Waals surface area contributed by atoms with Crippen molar-refractivity contribution in [2.75, 3.05) is 0 Å². The number of aliphatic hydroxyl groups is 1. The highest BCUT2D eigenvalue weighted by Crippen LogP contribution is 2.45. The zero-order valence-corrected chi connectivity index (χ0v) is 13.8. The highest BCUT2D eigenvalue weighted by Gasteiger charge is 2.42. The number of hydrogen-bond donors (Lipinski definition) is 1. The van der Waals surface area contributed by atoms with E-state index < -0.39 is 5.60 Å². The Morgan fingerprint density at radius 2 is 2.00 bits per heavy atom. The second kappa shape index (κ2) is 4.89. The normalized spacial score (nSPS) is 21.0. The van der Waals surface area contributed by atoms with Gasteiger partial charge in [-0.25, -0.2) is 0 Å². The van der Waals surface area contributed by atoms with Crippen LogP contribution in [0.2, 0.25) is 0 Å². The van der Waals surface area contributed by atoms with Crippen molar-refractivity contribution in [3.8, 4) is 11.4 Å². The summed E-state index contributed by atoms with van der Waals surface area (Å²) in [6.07, 6.45) is 3.21. The van der Waals surface area contributed by atoms with E-state index in [0.717, 1.165) is 18.4 Å². The molecule has 2 aromatic heterocycles. The molecular weight excluding hydrogens is 342 g/mol. The number of rotatable bonds is 2. The molecule has 0 atom stereocenters. The van der Waals surface area contributed by atoms with E-state index in [1.807, 2.05) is 5.38 Å². The van der Waals surface area contributed by atoms with Crippen molar-refractivity contribution in [1.82, 2.24) is 14.5 Å². The van der Waals surface area contributed by atoms with Crippen molar-refractivity contribution in [2.24, 2.45) is 5.41 Å². The van der Waals surface area contributed by atoms with Crippen LogP contribution in [0.1, 0.15) is 45.4 Å². The van der Waals surface area contributed by atoms with E-state index in [4.69, 9.17) is 4.52 Å². The molecule has 0 unspecified atom stereocenters. The molecule has 2 heterocycles. The van der Waals surface area contributed by atoms with Crippen LogP contribution in [-0.2, 0) is 5.60 Å². The van der Waals surface area contributed by atoms with Crippen LogP contribution in [0, 0.1) is 5.41 Å². The summed E-state index contributed by atoms with van der Waals surface area (Å²) in [4.78, 5) is 4.37. The number of hydrogen-bond acceptors (Lipinski definition) is 6. The summed E-state index contributed by atoms with van der Waals surface area (Å²) in [5.41, 5.74) is 0.0799. The highest BCUT2D eigenvalue weighted by atomic mass is 79.9. The molecule has 3 rings (SSSR count). The van der Waals surface area contributed by atoms with Crippen molar-refractivity contribution in [3.05, 3.63) is 15.9 Å². The molecule has 1 aliphatic carbocycles. The van der Waals surface area contributed by atoms with Crippen LogP contribution in [0.25, 0.3) is 11.4 Å². The van der Waals surface area contributed by atoms with E-state index in [2.05, 4.69) is 44.3 Å². The molecule has 1 aliphatic rings. The van der Waals surface area contributed by atoms with E-state index in [0.29, 0.717) is 29.2 Å². The molecule has 0 spiro atoms. The van der Waals surface area contributed by atoms with Gasteiger partial charge in [-0.05, 0) is 58.6 Å². The van der Waals surface area contributed by atoms with Crippen LogP contribution in [0.15, 0.2) is 14.5 Å². The van der Waals surface area contributed by atoms with Crippen LogP contribution in [0.4, 0.5) is 0 Å². The first-order valence-corrected chi connectivity index (χ1v) is 8.19. The summed E-state index contributed by atoms with van der Waals surface area (Å²) in [7, 11) is 0. The predicted octanol–water partition coefficient (Wildman–Crippen LogP) is 3.74. The van der Waals surface area contributed by atoms with Gasteiger partial charge in [0, 0.05) is 5.38 Å². The maximum atomic E-state index is 10.7. The van der Waals surface area contributed by atoms with E-state index in [-0.39, 0.29) is 5.41 Å². The predicted molar refractivity (Wildman–Crippen MR) is 79.3 cm³/mol. The van der Waals surface area contributed by atoms with Gasteiger partial charge in [0.1, 0.15) is 10.2 Å². The highest BCUT2D eigenvalue weighted by molar-refractivity contribution is 9.10. The first-order chi connectivity index (χ1) is 9.40. The van der Waals surface area contributed by atoms with Gasteiger partial charge < -0.3 is 9.63 Å². The second-order valence-corrected chi connectivity index (χ2v) is 7.52. The largest absolute Gasteiger partial charge is 0.380 e. The molecule has 0 saturated heterocycles. The molecule has 5 nitrogen and oxygen atoms in total. The fraction of sp³-hybridized carbons (Fsp3) is 0.615. The molecular formula is C13H16BrN3O2S. The van der Waals surface area contributed by atoms with Gasteiger partial charge in [0.05, 0.1) is 5.56 Å². The first-order valence-electron chi connectivity index (χ1n) is 6.56. The van der Waals surface area contributed by atoms with Gasteiger partial charge in [-0.2, -0.15) is 9.36 Å². The third-order valence-corrected chi connectivity index (χ3v) is 5.49. The zero-order valence-electron chi connectivity index (χ0n) is 11.4. The first kappa shape index (κ1) is 14.2. The van der Waals surface area contributed by atoms with Gasteiger partial charge in [-0.1, -0.05) is 19.0 Å². The smallest absolute Gasteiger partial charge is 0.258 e. The third-order valence-electron chi connectivity index (χ3n) is 4.02. The average molecular weight is 358 g/mol. The Balaban J connectivity index is 1.86. The standard InChI is InChI=1S/C13H16BrN3O2S/c1-12(2)3-5-13(18,6-4-12)11-15-10(16-19-11)8-7-20-17-9(8)14/h7,18H,3-6H2,1-2H3. The molecule has 108 valence electrons. The van der Waals surface area contributed by atoms with Gasteiger partial charge in [-0.3, -0.25) is 0 Å². The monoisotopic (exact) mass is 357 g/mol. The Kier molecular flexibility index (Phi) is 3.46. The summed E-state index contributed by atoms with van der Waals surface area (Å²) >= 11 is 4.68. The summed E-state index contributed by atoms with van der Waals surface area (Å²) in [5.74, 6) is 0.792. The minimum atomic E-state index is -0.989. The Morgan fingerprint density at radius 1 is 1.30 bits per heavy atom. The fourth-order valence-corrected chi connectivity index (χ4v) is 3.70. The van der Waals surface area contributed by atoms with Gasteiger partial charge in [0.15, 0.2) is 0 Å². The lowest BCUT2D eigenvalue weighted by Crippen LogP contribution is -2.34. The van der Waals surface area contributed by atoms with Crippen molar-refractivity contribution in [3.63, 3.8) is 0 Å². The lowest BCUT2D eigenvalue weighted by atomic mass is 9.71. The van der Waals surface area contributed by atoms with Crippen LogP contribution in [-0.4, -0.2) is 19.6 Å². The molecule has 7 heteroatoms. The van der Waals surface area contributed by atoms with Gasteiger partial charge in [0.25, 0.3) is 5.89 Å². The van der Waals surface area contributed by atoms with Crippen LogP contribution in [0.3, 0.4) is 0 Å². The van der Waals surface area contributed by atoms with Crippen LogP contribution >= 0.6 is 27.5 Å². The molecule has 1 fully saturated rings. The summed E-state index contributed by atoms with van der Waals surface area (Å²) in [6, 6.07) is 0.